The number of halogens is 1. The summed E-state index contributed by atoms with van der Waals surface area (Å²) in [6.07, 6.45) is 0. The summed E-state index contributed by atoms with van der Waals surface area (Å²) in [5.74, 6) is 0. The second kappa shape index (κ2) is 9.24. The normalized spacial score (nSPS) is 18.6. The number of nitrogens with zero attached hydrogens (tertiary/aromatic N) is 4. The molecule has 0 aliphatic carbocycles. The number of benzene rings is 2. The van der Waals surface area contributed by atoms with E-state index in [1.807, 2.05) is 0 Å². The fraction of sp³-hybridized carbons (Fsp3) is 0.520. The van der Waals surface area contributed by atoms with E-state index >= 15 is 0 Å². The lowest BCUT2D eigenvalue weighted by Gasteiger charge is -2.38. The first kappa shape index (κ1) is 22.8. The maximum atomic E-state index is 5.16. The quantitative estimate of drug-likeness (QED) is 0.479. The highest BCUT2D eigenvalue weighted by atomic mass is 79.9. The second-order valence-electron chi connectivity index (χ2n) is 8.88. The van der Waals surface area contributed by atoms with Gasteiger partial charge in [-0.1, -0.05) is 8.92 Å². The van der Waals surface area contributed by atoms with E-state index in [-0.39, 0.29) is 8.92 Å². The first-order valence-electron chi connectivity index (χ1n) is 11.5. The summed E-state index contributed by atoms with van der Waals surface area (Å²) in [5, 5.41) is 1.15. The summed E-state index contributed by atoms with van der Waals surface area (Å²) in [5.41, 5.74) is 6.32. The van der Waals surface area contributed by atoms with Crippen molar-refractivity contribution in [2.45, 2.75) is 52.5 Å². The van der Waals surface area contributed by atoms with E-state index in [0.29, 0.717) is 6.04 Å². The van der Waals surface area contributed by atoms with E-state index in [9.17, 15) is 0 Å². The van der Waals surface area contributed by atoms with Gasteiger partial charge in [-0.2, -0.15) is 0 Å². The molecule has 0 bridgehead atoms. The SMILES string of the molecule is CCN(CC)c1cc(C)c2c(c1)S(Br)=c1cc(N3CCN(C(C)C)CC3)cc(C)c1=N2. The summed E-state index contributed by atoms with van der Waals surface area (Å²) in [7, 11) is -0.165. The van der Waals surface area contributed by atoms with Gasteiger partial charge < -0.3 is 9.80 Å². The molecule has 2 aliphatic rings. The molecular weight excluding hydrogens is 468 g/mol. The Labute approximate surface area is 197 Å². The van der Waals surface area contributed by atoms with Crippen LogP contribution in [0.4, 0.5) is 17.1 Å². The second-order valence-corrected chi connectivity index (χ2v) is 12.2. The first-order chi connectivity index (χ1) is 14.8. The van der Waals surface area contributed by atoms with Gasteiger partial charge in [-0.25, -0.2) is 4.99 Å². The Kier molecular flexibility index (Phi) is 6.80. The van der Waals surface area contributed by atoms with Crippen molar-refractivity contribution in [3.05, 3.63) is 45.3 Å². The number of fused-ring (bicyclic) bond motifs is 2. The number of hydrogen-bond acceptors (Lipinski definition) is 4. The van der Waals surface area contributed by atoms with Gasteiger partial charge in [-0.3, -0.25) is 4.90 Å². The van der Waals surface area contributed by atoms with E-state index in [4.69, 9.17) is 4.99 Å². The Morgan fingerprint density at radius 1 is 1.00 bits per heavy atom. The molecule has 0 radical (unpaired) electrons. The van der Waals surface area contributed by atoms with Gasteiger partial charge in [-0.15, -0.1) is 0 Å². The van der Waals surface area contributed by atoms with Crippen molar-refractivity contribution in [3.8, 4) is 0 Å². The minimum Gasteiger partial charge on any atom is -0.372 e. The van der Waals surface area contributed by atoms with Gasteiger partial charge >= 0.3 is 0 Å². The van der Waals surface area contributed by atoms with Gasteiger partial charge in [0.2, 0.25) is 0 Å². The summed E-state index contributed by atoms with van der Waals surface area (Å²) < 4.78 is 1.32. The van der Waals surface area contributed by atoms with Crippen LogP contribution in [0.5, 0.6) is 0 Å². The van der Waals surface area contributed by atoms with Crippen molar-refractivity contribution < 1.29 is 0 Å². The van der Waals surface area contributed by atoms with E-state index in [2.05, 4.69) is 95.3 Å². The van der Waals surface area contributed by atoms with Crippen molar-refractivity contribution in [3.63, 3.8) is 0 Å². The topological polar surface area (TPSA) is 22.1 Å². The molecule has 4 nitrogen and oxygen atoms in total. The third-order valence-electron chi connectivity index (χ3n) is 6.65. The summed E-state index contributed by atoms with van der Waals surface area (Å²) in [6, 6.07) is 9.99. The minimum absolute atomic E-state index is 0.165. The molecule has 0 aromatic heterocycles. The highest BCUT2D eigenvalue weighted by Gasteiger charge is 2.21. The van der Waals surface area contributed by atoms with Crippen LogP contribution in [0.3, 0.4) is 0 Å². The minimum atomic E-state index is -0.165. The lowest BCUT2D eigenvalue weighted by Crippen LogP contribution is -2.49. The number of aryl methyl sites for hydroxylation is 2. The fourth-order valence-electron chi connectivity index (χ4n) is 4.70. The zero-order valence-electron chi connectivity index (χ0n) is 19.7. The van der Waals surface area contributed by atoms with Crippen LogP contribution in [0.2, 0.25) is 0 Å². The molecule has 0 N–H and O–H groups in total. The highest BCUT2D eigenvalue weighted by molar-refractivity contribution is 9.52. The zero-order valence-corrected chi connectivity index (χ0v) is 22.1. The molecule has 1 unspecified atom stereocenters. The predicted octanol–water partition coefficient (Wildman–Crippen LogP) is 5.83. The van der Waals surface area contributed by atoms with Crippen LogP contribution in [-0.4, -0.2) is 50.2 Å². The van der Waals surface area contributed by atoms with Crippen LogP contribution in [0.15, 0.2) is 34.2 Å². The van der Waals surface area contributed by atoms with Crippen molar-refractivity contribution >= 4 is 40.8 Å². The van der Waals surface area contributed by atoms with Crippen molar-refractivity contribution in [2.75, 3.05) is 49.1 Å². The largest absolute Gasteiger partial charge is 0.372 e. The monoisotopic (exact) mass is 502 g/mol. The highest BCUT2D eigenvalue weighted by Crippen LogP contribution is 2.47. The molecule has 1 atom stereocenters. The van der Waals surface area contributed by atoms with Gasteiger partial charge in [-0.05, 0) is 91.7 Å². The van der Waals surface area contributed by atoms with Gasteiger partial charge in [0.25, 0.3) is 0 Å². The average Bonchev–Trinajstić information content (AvgIpc) is 2.76. The van der Waals surface area contributed by atoms with E-state index in [0.717, 1.165) is 50.3 Å². The summed E-state index contributed by atoms with van der Waals surface area (Å²) >= 11 is 4.09. The maximum Gasteiger partial charge on any atom is 0.0807 e. The number of piperazine rings is 1. The Morgan fingerprint density at radius 3 is 2.29 bits per heavy atom. The van der Waals surface area contributed by atoms with E-state index in [1.165, 1.54) is 31.9 Å². The van der Waals surface area contributed by atoms with Crippen LogP contribution in [-0.2, 0) is 0 Å². The van der Waals surface area contributed by atoms with Crippen LogP contribution in [0.25, 0.3) is 0 Å². The molecule has 2 aromatic carbocycles. The molecule has 2 aromatic rings. The molecule has 1 saturated heterocycles. The Morgan fingerprint density at radius 2 is 1.68 bits per heavy atom. The van der Waals surface area contributed by atoms with Crippen molar-refractivity contribution in [1.29, 1.82) is 0 Å². The lowest BCUT2D eigenvalue weighted by atomic mass is 10.1. The first-order valence-corrected chi connectivity index (χ1v) is 14.6. The molecular formula is C25H35BrN4S. The molecule has 2 heterocycles. The number of rotatable bonds is 5. The third-order valence-corrected chi connectivity index (χ3v) is 10.1. The summed E-state index contributed by atoms with van der Waals surface area (Å²) in [4.78, 5) is 14.0. The average molecular weight is 504 g/mol. The Bertz CT molecular complexity index is 1100. The third kappa shape index (κ3) is 4.31. The molecule has 6 heteroatoms. The molecule has 168 valence electrons. The van der Waals surface area contributed by atoms with Gasteiger partial charge in [0, 0.05) is 66.1 Å². The van der Waals surface area contributed by atoms with Gasteiger partial charge in [0.15, 0.2) is 0 Å². The summed E-state index contributed by atoms with van der Waals surface area (Å²) in [6.45, 7) is 19.9. The molecule has 0 saturated carbocycles. The Balaban J connectivity index is 1.78. The van der Waals surface area contributed by atoms with Crippen molar-refractivity contribution in [2.24, 2.45) is 4.99 Å². The molecule has 0 spiro atoms. The van der Waals surface area contributed by atoms with Crippen molar-refractivity contribution in [1.82, 2.24) is 4.90 Å². The number of anilines is 2. The smallest absolute Gasteiger partial charge is 0.0807 e. The molecule has 2 aliphatic heterocycles. The van der Waals surface area contributed by atoms with Crippen LogP contribution in [0.1, 0.15) is 38.8 Å². The fourth-order valence-corrected chi connectivity index (χ4v) is 7.62. The van der Waals surface area contributed by atoms with Crippen LogP contribution >= 0.6 is 23.7 Å². The van der Waals surface area contributed by atoms with Crippen LogP contribution < -0.4 is 15.2 Å². The predicted molar refractivity (Wildman–Crippen MR) is 139 cm³/mol. The standard InChI is InChI=1S/C25H35BrN4S/c1-7-28(8-2)20-13-18(5)24-22(15-20)31(26)23-16-21(14-19(6)25(23)27-24)30-11-9-29(10-12-30)17(3)4/h13-17H,7-12H2,1-6H3. The number of hydrogen-bond donors (Lipinski definition) is 0. The lowest BCUT2D eigenvalue weighted by molar-refractivity contribution is 0.209. The molecule has 4 rings (SSSR count). The van der Waals surface area contributed by atoms with Crippen LogP contribution in [0, 0.1) is 18.4 Å². The molecule has 31 heavy (non-hydrogen) atoms. The van der Waals surface area contributed by atoms with Gasteiger partial charge in [0.05, 0.1) is 11.0 Å². The molecule has 1 fully saturated rings. The Hall–Kier alpha value is -1.37. The molecule has 0 amide bonds. The van der Waals surface area contributed by atoms with E-state index < -0.39 is 0 Å². The van der Waals surface area contributed by atoms with Gasteiger partial charge in [0.1, 0.15) is 0 Å². The maximum absolute atomic E-state index is 5.16. The van der Waals surface area contributed by atoms with E-state index in [1.54, 1.807) is 0 Å². The zero-order chi connectivity index (χ0) is 22.3.